The molecule has 0 amide bonds. The highest BCUT2D eigenvalue weighted by Gasteiger charge is 2.21. The summed E-state index contributed by atoms with van der Waals surface area (Å²) >= 11 is 0. The van der Waals surface area contributed by atoms with Crippen molar-refractivity contribution < 1.29 is 4.42 Å². The molecule has 0 aliphatic heterocycles. The molecule has 0 N–H and O–H groups in total. The Hall–Kier alpha value is -8.40. The van der Waals surface area contributed by atoms with Crippen LogP contribution in [0, 0.1) is 0 Å². The summed E-state index contributed by atoms with van der Waals surface area (Å²) in [5.74, 6) is 0. The van der Waals surface area contributed by atoms with Crippen LogP contribution in [-0.4, -0.2) is 4.57 Å². The fourth-order valence-electron chi connectivity index (χ4n) is 9.44. The fraction of sp³-hybridized carbons (Fsp3) is 0. The Labute approximate surface area is 366 Å². The third-order valence-electron chi connectivity index (χ3n) is 12.4. The second kappa shape index (κ2) is 15.3. The van der Waals surface area contributed by atoms with Gasteiger partial charge in [-0.05, 0) is 106 Å². The molecule has 0 aliphatic rings. The van der Waals surface area contributed by atoms with E-state index in [9.17, 15) is 0 Å². The van der Waals surface area contributed by atoms with Gasteiger partial charge in [0.25, 0.3) is 0 Å². The molecule has 63 heavy (non-hydrogen) atoms. The first-order valence-corrected chi connectivity index (χ1v) is 21.5. The lowest BCUT2D eigenvalue weighted by Crippen LogP contribution is -2.11. The molecule has 0 spiro atoms. The first kappa shape index (κ1) is 36.5. The maximum atomic E-state index is 6.37. The second-order valence-corrected chi connectivity index (χ2v) is 16.1. The topological polar surface area (TPSA) is 21.3 Å². The van der Waals surface area contributed by atoms with E-state index in [1.54, 1.807) is 0 Å². The highest BCUT2D eigenvalue weighted by Crippen LogP contribution is 2.45. The van der Waals surface area contributed by atoms with Crippen molar-refractivity contribution in [3.8, 4) is 50.2 Å². The number of hydrogen-bond donors (Lipinski definition) is 0. The van der Waals surface area contributed by atoms with Crippen molar-refractivity contribution in [2.75, 3.05) is 4.90 Å². The molecule has 0 bridgehead atoms. The first-order chi connectivity index (χ1) is 31.2. The van der Waals surface area contributed by atoms with Crippen molar-refractivity contribution in [1.82, 2.24) is 4.57 Å². The van der Waals surface area contributed by atoms with Gasteiger partial charge in [-0.25, -0.2) is 0 Å². The summed E-state index contributed by atoms with van der Waals surface area (Å²) in [6.45, 7) is 0. The van der Waals surface area contributed by atoms with E-state index in [-0.39, 0.29) is 0 Å². The first-order valence-electron chi connectivity index (χ1n) is 21.5. The summed E-state index contributed by atoms with van der Waals surface area (Å²) in [7, 11) is 0. The maximum Gasteiger partial charge on any atom is 0.136 e. The van der Waals surface area contributed by atoms with Gasteiger partial charge in [-0.2, -0.15) is 0 Å². The van der Waals surface area contributed by atoms with Crippen molar-refractivity contribution in [3.05, 3.63) is 243 Å². The molecule has 296 valence electrons. The van der Waals surface area contributed by atoms with Crippen LogP contribution in [-0.2, 0) is 0 Å². The molecule has 12 rings (SSSR count). The minimum absolute atomic E-state index is 0.882. The molecule has 3 nitrogen and oxygen atoms in total. The molecule has 0 saturated carbocycles. The zero-order valence-electron chi connectivity index (χ0n) is 34.4. The number of nitrogens with zero attached hydrogens (tertiary/aromatic N) is 2. The number of rotatable bonds is 8. The van der Waals surface area contributed by atoms with Gasteiger partial charge in [0.1, 0.15) is 11.2 Å². The Morgan fingerprint density at radius 3 is 1.51 bits per heavy atom. The van der Waals surface area contributed by atoms with Gasteiger partial charge >= 0.3 is 0 Å². The molecule has 2 aromatic heterocycles. The van der Waals surface area contributed by atoms with Crippen molar-refractivity contribution in [1.29, 1.82) is 0 Å². The number of aromatic nitrogens is 1. The van der Waals surface area contributed by atoms with E-state index in [1.807, 2.05) is 12.1 Å². The lowest BCUT2D eigenvalue weighted by molar-refractivity contribution is 0.669. The SMILES string of the molecule is c1ccc(-c2cccc(N(c3ccc(-c4ccc(-c5ccc(-n6c7ccccc7c7ccccc76)cc5)cc4)cc3)c3ccccc3-c3cccc4oc5ccccc5c34)c2)cc1. The number of hydrogen-bond acceptors (Lipinski definition) is 2. The monoisotopic (exact) mass is 804 g/mol. The van der Waals surface area contributed by atoms with Crippen molar-refractivity contribution in [3.63, 3.8) is 0 Å². The van der Waals surface area contributed by atoms with Gasteiger partial charge in [0.2, 0.25) is 0 Å². The number of para-hydroxylation sites is 4. The van der Waals surface area contributed by atoms with Crippen LogP contribution in [0.25, 0.3) is 93.9 Å². The fourth-order valence-corrected chi connectivity index (χ4v) is 9.44. The average Bonchev–Trinajstić information content (AvgIpc) is 3.91. The standard InChI is InChI=1S/C60H40N2O/c1-2-14-41(15-3-1)46-16-12-17-49(40-46)61(55-23-8-6-20-52(55)53-22-13-27-59-60(53)54-21-7-11-26-58(54)63-59)47-36-32-44(33-37-47)42-28-30-43(31-29-42)45-34-38-48(39-35-45)62-56-24-9-4-18-50(56)51-19-5-10-25-57(51)62/h1-40H. The summed E-state index contributed by atoms with van der Waals surface area (Å²) < 4.78 is 8.73. The van der Waals surface area contributed by atoms with Gasteiger partial charge in [0.15, 0.2) is 0 Å². The Bertz CT molecular complexity index is 3550. The normalized spacial score (nSPS) is 11.5. The molecule has 0 aliphatic carbocycles. The molecular weight excluding hydrogens is 765 g/mol. The highest BCUT2D eigenvalue weighted by molar-refractivity contribution is 6.14. The summed E-state index contributed by atoms with van der Waals surface area (Å²) in [4.78, 5) is 2.39. The Morgan fingerprint density at radius 2 is 0.810 bits per heavy atom. The summed E-state index contributed by atoms with van der Waals surface area (Å²) in [5, 5.41) is 4.78. The van der Waals surface area contributed by atoms with Gasteiger partial charge in [-0.15, -0.1) is 0 Å². The van der Waals surface area contributed by atoms with E-state index in [1.165, 1.54) is 44.1 Å². The Morgan fingerprint density at radius 1 is 0.317 bits per heavy atom. The smallest absolute Gasteiger partial charge is 0.136 e. The number of anilines is 3. The number of benzene rings is 10. The molecular formula is C60H40N2O. The molecule has 0 fully saturated rings. The molecule has 3 heteroatoms. The van der Waals surface area contributed by atoms with E-state index < -0.39 is 0 Å². The van der Waals surface area contributed by atoms with E-state index in [0.717, 1.165) is 66.9 Å². The van der Waals surface area contributed by atoms with Crippen LogP contribution in [0.1, 0.15) is 0 Å². The van der Waals surface area contributed by atoms with Gasteiger partial charge < -0.3 is 13.9 Å². The van der Waals surface area contributed by atoms with Crippen LogP contribution < -0.4 is 4.90 Å². The van der Waals surface area contributed by atoms with Gasteiger partial charge in [-0.1, -0.05) is 176 Å². The van der Waals surface area contributed by atoms with E-state index in [2.05, 4.69) is 240 Å². The lowest BCUT2D eigenvalue weighted by Gasteiger charge is -2.28. The molecule has 0 radical (unpaired) electrons. The van der Waals surface area contributed by atoms with Gasteiger partial charge in [0.05, 0.1) is 16.7 Å². The van der Waals surface area contributed by atoms with Crippen LogP contribution in [0.15, 0.2) is 247 Å². The van der Waals surface area contributed by atoms with Crippen LogP contribution in [0.4, 0.5) is 17.1 Å². The van der Waals surface area contributed by atoms with E-state index >= 15 is 0 Å². The second-order valence-electron chi connectivity index (χ2n) is 16.1. The molecule has 10 aromatic carbocycles. The van der Waals surface area contributed by atoms with Crippen LogP contribution >= 0.6 is 0 Å². The Kier molecular flexibility index (Phi) is 8.83. The molecule has 0 unspecified atom stereocenters. The van der Waals surface area contributed by atoms with Crippen LogP contribution in [0.2, 0.25) is 0 Å². The third kappa shape index (κ3) is 6.38. The lowest BCUT2D eigenvalue weighted by atomic mass is 9.96. The minimum atomic E-state index is 0.882. The molecule has 12 aromatic rings. The predicted molar refractivity (Wildman–Crippen MR) is 264 cm³/mol. The average molecular weight is 805 g/mol. The van der Waals surface area contributed by atoms with Gasteiger partial charge in [0, 0.05) is 44.2 Å². The quantitative estimate of drug-likeness (QED) is 0.153. The maximum absolute atomic E-state index is 6.37. The van der Waals surface area contributed by atoms with Crippen molar-refractivity contribution in [2.24, 2.45) is 0 Å². The van der Waals surface area contributed by atoms with Crippen molar-refractivity contribution >= 4 is 60.8 Å². The summed E-state index contributed by atoms with van der Waals surface area (Å²) in [6.07, 6.45) is 0. The largest absolute Gasteiger partial charge is 0.456 e. The highest BCUT2D eigenvalue weighted by atomic mass is 16.3. The molecule has 0 saturated heterocycles. The van der Waals surface area contributed by atoms with Gasteiger partial charge in [-0.3, -0.25) is 0 Å². The van der Waals surface area contributed by atoms with Crippen molar-refractivity contribution in [2.45, 2.75) is 0 Å². The molecule has 2 heterocycles. The zero-order chi connectivity index (χ0) is 41.7. The summed E-state index contributed by atoms with van der Waals surface area (Å²) in [5.41, 5.74) is 17.9. The number of furan rings is 1. The zero-order valence-corrected chi connectivity index (χ0v) is 34.4. The van der Waals surface area contributed by atoms with Crippen LogP contribution in [0.5, 0.6) is 0 Å². The minimum Gasteiger partial charge on any atom is -0.456 e. The number of fused-ring (bicyclic) bond motifs is 6. The third-order valence-corrected chi connectivity index (χ3v) is 12.4. The van der Waals surface area contributed by atoms with E-state index in [4.69, 9.17) is 4.42 Å². The summed E-state index contributed by atoms with van der Waals surface area (Å²) in [6, 6.07) is 87.0. The predicted octanol–water partition coefficient (Wildman–Crippen LogP) is 16.8. The van der Waals surface area contributed by atoms with Crippen LogP contribution in [0.3, 0.4) is 0 Å². The Balaban J connectivity index is 0.901. The van der Waals surface area contributed by atoms with E-state index in [0.29, 0.717) is 0 Å². The molecule has 0 atom stereocenters.